The summed E-state index contributed by atoms with van der Waals surface area (Å²) >= 11 is 0. The van der Waals surface area contributed by atoms with Gasteiger partial charge in [-0.25, -0.2) is 0 Å². The van der Waals surface area contributed by atoms with E-state index in [4.69, 9.17) is 9.47 Å². The lowest BCUT2D eigenvalue weighted by molar-refractivity contribution is 0.293. The zero-order chi connectivity index (χ0) is 15.0. The molecule has 0 atom stereocenters. The first-order valence-corrected chi connectivity index (χ1v) is 7.20. The van der Waals surface area contributed by atoms with E-state index >= 15 is 0 Å². The number of benzene rings is 2. The summed E-state index contributed by atoms with van der Waals surface area (Å²) in [5, 5.41) is 8.09. The van der Waals surface area contributed by atoms with Crippen molar-refractivity contribution in [2.75, 3.05) is 6.61 Å². The van der Waals surface area contributed by atoms with Gasteiger partial charge in [-0.1, -0.05) is 18.2 Å². The number of hydrogen-bond acceptors (Lipinski definition) is 4. The Morgan fingerprint density at radius 1 is 0.773 bits per heavy atom. The van der Waals surface area contributed by atoms with Crippen LogP contribution in [0.5, 0.6) is 17.2 Å². The maximum absolute atomic E-state index is 5.73. The highest BCUT2D eigenvalue weighted by atomic mass is 16.5. The van der Waals surface area contributed by atoms with Gasteiger partial charge in [-0.05, 0) is 36.4 Å². The molecule has 2 aromatic carbocycles. The molecule has 5 heteroatoms. The smallest absolute Gasteiger partial charge is 0.127 e. The molecule has 0 saturated carbocycles. The van der Waals surface area contributed by atoms with Gasteiger partial charge in [-0.2, -0.15) is 15.0 Å². The summed E-state index contributed by atoms with van der Waals surface area (Å²) in [6.45, 7) is 1.38. The molecule has 0 spiro atoms. The molecule has 1 aromatic heterocycles. The summed E-state index contributed by atoms with van der Waals surface area (Å²) in [6, 6.07) is 17.3. The number of para-hydroxylation sites is 1. The van der Waals surface area contributed by atoms with E-state index in [9.17, 15) is 0 Å². The molecule has 5 nitrogen and oxygen atoms in total. The van der Waals surface area contributed by atoms with Crippen molar-refractivity contribution < 1.29 is 9.47 Å². The topological polar surface area (TPSA) is 49.2 Å². The zero-order valence-electron chi connectivity index (χ0n) is 12.1. The first-order chi connectivity index (χ1) is 10.9. The third-order valence-electron chi connectivity index (χ3n) is 3.04. The number of nitrogens with zero attached hydrogens (tertiary/aromatic N) is 3. The van der Waals surface area contributed by atoms with Crippen molar-refractivity contribution in [1.82, 2.24) is 15.0 Å². The fourth-order valence-corrected chi connectivity index (χ4v) is 1.98. The van der Waals surface area contributed by atoms with Crippen LogP contribution in [0.3, 0.4) is 0 Å². The fourth-order valence-electron chi connectivity index (χ4n) is 1.98. The molecular weight excluding hydrogens is 278 g/mol. The Morgan fingerprint density at radius 3 is 2.14 bits per heavy atom. The molecule has 0 aliphatic carbocycles. The van der Waals surface area contributed by atoms with Crippen molar-refractivity contribution in [3.8, 4) is 17.2 Å². The largest absolute Gasteiger partial charge is 0.494 e. The molecule has 1 heterocycles. The van der Waals surface area contributed by atoms with Gasteiger partial charge in [0.15, 0.2) is 0 Å². The molecular formula is C17H17N3O2. The summed E-state index contributed by atoms with van der Waals surface area (Å²) in [4.78, 5) is 1.65. The summed E-state index contributed by atoms with van der Waals surface area (Å²) in [6.07, 6.45) is 4.20. The lowest BCUT2D eigenvalue weighted by Gasteiger charge is -2.08. The minimum Gasteiger partial charge on any atom is -0.494 e. The van der Waals surface area contributed by atoms with Gasteiger partial charge in [0.25, 0.3) is 0 Å². The van der Waals surface area contributed by atoms with Gasteiger partial charge in [-0.15, -0.1) is 0 Å². The average Bonchev–Trinajstić information content (AvgIpc) is 3.07. The number of aryl methyl sites for hydroxylation is 1. The molecule has 0 aliphatic rings. The second kappa shape index (κ2) is 7.26. The molecule has 0 fully saturated rings. The van der Waals surface area contributed by atoms with Crippen LogP contribution in [0.2, 0.25) is 0 Å². The van der Waals surface area contributed by atoms with Crippen LogP contribution in [0.15, 0.2) is 67.0 Å². The molecule has 112 valence electrons. The van der Waals surface area contributed by atoms with Crippen molar-refractivity contribution in [1.29, 1.82) is 0 Å². The minimum atomic E-state index is 0.625. The van der Waals surface area contributed by atoms with Crippen molar-refractivity contribution >= 4 is 0 Å². The molecule has 0 radical (unpaired) electrons. The SMILES string of the molecule is c1ccc(Oc2ccc(OCCCn3nccn3)cc2)cc1. The highest BCUT2D eigenvalue weighted by Gasteiger charge is 1.99. The van der Waals surface area contributed by atoms with Gasteiger partial charge in [-0.3, -0.25) is 0 Å². The maximum Gasteiger partial charge on any atom is 0.127 e. The van der Waals surface area contributed by atoms with Crippen LogP contribution < -0.4 is 9.47 Å². The number of aromatic nitrogens is 3. The van der Waals surface area contributed by atoms with Crippen LogP contribution in [0.1, 0.15) is 6.42 Å². The molecule has 0 aliphatic heterocycles. The van der Waals surface area contributed by atoms with E-state index in [1.165, 1.54) is 0 Å². The van der Waals surface area contributed by atoms with Crippen LogP contribution in [0.4, 0.5) is 0 Å². The van der Waals surface area contributed by atoms with E-state index in [1.807, 2.05) is 54.6 Å². The first kappa shape index (κ1) is 14.1. The van der Waals surface area contributed by atoms with Crippen LogP contribution in [0.25, 0.3) is 0 Å². The Kier molecular flexibility index (Phi) is 4.67. The standard InChI is InChI=1S/C17H17N3O2/c1-2-5-16(6-3-1)22-17-9-7-15(8-10-17)21-14-4-13-20-18-11-12-19-20/h1-3,5-12H,4,13-14H2. The Morgan fingerprint density at radius 2 is 1.41 bits per heavy atom. The second-order valence-electron chi connectivity index (χ2n) is 4.71. The molecule has 0 bridgehead atoms. The molecule has 22 heavy (non-hydrogen) atoms. The molecule has 3 rings (SSSR count). The molecule has 0 N–H and O–H groups in total. The Balaban J connectivity index is 1.45. The summed E-state index contributed by atoms with van der Waals surface area (Å²) in [7, 11) is 0. The van der Waals surface area contributed by atoms with Gasteiger partial charge in [0.2, 0.25) is 0 Å². The summed E-state index contributed by atoms with van der Waals surface area (Å²) in [5.74, 6) is 2.44. The van der Waals surface area contributed by atoms with E-state index in [2.05, 4.69) is 10.2 Å². The Hall–Kier alpha value is -2.82. The van der Waals surface area contributed by atoms with Crippen LogP contribution in [-0.4, -0.2) is 21.6 Å². The highest BCUT2D eigenvalue weighted by molar-refractivity contribution is 5.35. The van der Waals surface area contributed by atoms with Crippen LogP contribution >= 0.6 is 0 Å². The van der Waals surface area contributed by atoms with E-state index in [0.717, 1.165) is 30.2 Å². The van der Waals surface area contributed by atoms with Gasteiger partial charge >= 0.3 is 0 Å². The lowest BCUT2D eigenvalue weighted by atomic mass is 10.3. The molecule has 0 saturated heterocycles. The number of hydrogen-bond donors (Lipinski definition) is 0. The van der Waals surface area contributed by atoms with E-state index in [-0.39, 0.29) is 0 Å². The number of ether oxygens (including phenoxy) is 2. The Bertz CT molecular complexity index is 667. The Labute approximate surface area is 129 Å². The van der Waals surface area contributed by atoms with Crippen molar-refractivity contribution in [2.24, 2.45) is 0 Å². The van der Waals surface area contributed by atoms with E-state index in [0.29, 0.717) is 6.61 Å². The fraction of sp³-hybridized carbons (Fsp3) is 0.176. The average molecular weight is 295 g/mol. The predicted molar refractivity (Wildman–Crippen MR) is 83.1 cm³/mol. The van der Waals surface area contributed by atoms with Gasteiger partial charge in [0.1, 0.15) is 17.2 Å². The lowest BCUT2D eigenvalue weighted by Crippen LogP contribution is -2.06. The van der Waals surface area contributed by atoms with E-state index < -0.39 is 0 Å². The highest BCUT2D eigenvalue weighted by Crippen LogP contribution is 2.23. The van der Waals surface area contributed by atoms with Gasteiger partial charge in [0, 0.05) is 6.42 Å². The van der Waals surface area contributed by atoms with Crippen molar-refractivity contribution in [2.45, 2.75) is 13.0 Å². The number of rotatable bonds is 7. The second-order valence-corrected chi connectivity index (χ2v) is 4.71. The van der Waals surface area contributed by atoms with Gasteiger partial charge < -0.3 is 9.47 Å². The summed E-state index contributed by atoms with van der Waals surface area (Å²) < 4.78 is 11.4. The third kappa shape index (κ3) is 4.09. The van der Waals surface area contributed by atoms with E-state index in [1.54, 1.807) is 17.2 Å². The molecule has 3 aromatic rings. The predicted octanol–water partition coefficient (Wildman–Crippen LogP) is 3.54. The monoisotopic (exact) mass is 295 g/mol. The van der Waals surface area contributed by atoms with Gasteiger partial charge in [0.05, 0.1) is 25.5 Å². The van der Waals surface area contributed by atoms with Crippen molar-refractivity contribution in [3.05, 3.63) is 67.0 Å². The first-order valence-electron chi connectivity index (χ1n) is 7.20. The zero-order valence-corrected chi connectivity index (χ0v) is 12.1. The third-order valence-corrected chi connectivity index (χ3v) is 3.04. The quantitative estimate of drug-likeness (QED) is 0.626. The maximum atomic E-state index is 5.73. The minimum absolute atomic E-state index is 0.625. The normalized spacial score (nSPS) is 10.4. The molecule has 0 unspecified atom stereocenters. The van der Waals surface area contributed by atoms with Crippen LogP contribution in [0, 0.1) is 0 Å². The summed E-state index contributed by atoms with van der Waals surface area (Å²) in [5.41, 5.74) is 0. The molecule has 0 amide bonds. The van der Waals surface area contributed by atoms with Crippen LogP contribution in [-0.2, 0) is 6.54 Å². The van der Waals surface area contributed by atoms with Crippen molar-refractivity contribution in [3.63, 3.8) is 0 Å².